The fourth-order valence-corrected chi connectivity index (χ4v) is 5.44. The molecular formula is C24H41NO2. The van der Waals surface area contributed by atoms with E-state index in [-0.39, 0.29) is 18.1 Å². The van der Waals surface area contributed by atoms with Gasteiger partial charge in [0.25, 0.3) is 0 Å². The molecule has 0 spiro atoms. The van der Waals surface area contributed by atoms with Gasteiger partial charge in [-0.15, -0.1) is 0 Å². The summed E-state index contributed by atoms with van der Waals surface area (Å²) in [5, 5.41) is 20.6. The van der Waals surface area contributed by atoms with Crippen molar-refractivity contribution >= 4 is 0 Å². The number of nitrogens with zero attached hydrogens (tertiary/aromatic N) is 1. The predicted molar refractivity (Wildman–Crippen MR) is 113 cm³/mol. The van der Waals surface area contributed by atoms with Crippen molar-refractivity contribution in [3.8, 4) is 0 Å². The van der Waals surface area contributed by atoms with Crippen LogP contribution >= 0.6 is 0 Å². The molecule has 2 N–H and O–H groups in total. The van der Waals surface area contributed by atoms with Crippen molar-refractivity contribution in [2.75, 3.05) is 19.6 Å². The molecule has 3 heteroatoms. The van der Waals surface area contributed by atoms with E-state index in [9.17, 15) is 10.2 Å². The summed E-state index contributed by atoms with van der Waals surface area (Å²) >= 11 is 0. The van der Waals surface area contributed by atoms with Crippen LogP contribution in [0.1, 0.15) is 77.6 Å². The molecule has 0 bridgehead atoms. The van der Waals surface area contributed by atoms with Gasteiger partial charge in [0.2, 0.25) is 0 Å². The minimum absolute atomic E-state index is 0.230. The molecule has 3 aliphatic rings. The summed E-state index contributed by atoms with van der Waals surface area (Å²) in [5.74, 6) is 1.35. The fraction of sp³-hybridized carbons (Fsp3) is 0.833. The van der Waals surface area contributed by atoms with Gasteiger partial charge in [-0.2, -0.15) is 0 Å². The van der Waals surface area contributed by atoms with Crippen molar-refractivity contribution in [3.63, 3.8) is 0 Å². The molecule has 3 rings (SSSR count). The third-order valence-electron chi connectivity index (χ3n) is 7.03. The van der Waals surface area contributed by atoms with Gasteiger partial charge in [0.15, 0.2) is 0 Å². The topological polar surface area (TPSA) is 43.7 Å². The molecule has 5 atom stereocenters. The molecular weight excluding hydrogens is 334 g/mol. The lowest BCUT2D eigenvalue weighted by Gasteiger charge is -2.19. The van der Waals surface area contributed by atoms with Crippen molar-refractivity contribution in [1.82, 2.24) is 4.90 Å². The third-order valence-corrected chi connectivity index (χ3v) is 7.03. The van der Waals surface area contributed by atoms with Gasteiger partial charge in [-0.3, -0.25) is 0 Å². The Balaban J connectivity index is 1.39. The normalized spacial score (nSPS) is 32.3. The minimum atomic E-state index is -0.345. The zero-order valence-corrected chi connectivity index (χ0v) is 17.4. The zero-order chi connectivity index (χ0) is 19.1. The lowest BCUT2D eigenvalue weighted by Crippen LogP contribution is -2.20. The first-order valence-corrected chi connectivity index (χ1v) is 11.6. The van der Waals surface area contributed by atoms with Crippen LogP contribution < -0.4 is 0 Å². The first-order valence-electron chi connectivity index (χ1n) is 11.6. The average Bonchev–Trinajstić information content (AvgIpc) is 3.34. The van der Waals surface area contributed by atoms with E-state index in [1.165, 1.54) is 64.6 Å². The minimum Gasteiger partial charge on any atom is -0.392 e. The van der Waals surface area contributed by atoms with Crippen molar-refractivity contribution in [2.24, 2.45) is 17.8 Å². The molecule has 1 saturated heterocycles. The number of fused-ring (bicyclic) bond motifs is 1. The Morgan fingerprint density at radius 3 is 2.78 bits per heavy atom. The fourth-order valence-electron chi connectivity index (χ4n) is 5.44. The maximum atomic E-state index is 10.5. The van der Waals surface area contributed by atoms with Crippen molar-refractivity contribution in [2.45, 2.75) is 89.8 Å². The Labute approximate surface area is 166 Å². The number of hydrogen-bond acceptors (Lipinski definition) is 3. The molecule has 2 aliphatic carbocycles. The second-order valence-corrected chi connectivity index (χ2v) is 9.19. The lowest BCUT2D eigenvalue weighted by molar-refractivity contribution is 0.139. The summed E-state index contributed by atoms with van der Waals surface area (Å²) in [5.41, 5.74) is 1.63. The van der Waals surface area contributed by atoms with Gasteiger partial charge in [0, 0.05) is 5.92 Å². The second-order valence-electron chi connectivity index (χ2n) is 9.19. The smallest absolute Gasteiger partial charge is 0.0721 e. The summed E-state index contributed by atoms with van der Waals surface area (Å²) in [6.07, 6.45) is 19.0. The van der Waals surface area contributed by atoms with E-state index in [0.717, 1.165) is 25.7 Å². The number of aliphatic hydroxyl groups is 2. The molecule has 1 saturated carbocycles. The maximum absolute atomic E-state index is 10.5. The summed E-state index contributed by atoms with van der Waals surface area (Å²) in [6.45, 7) is 6.08. The van der Waals surface area contributed by atoms with Crippen LogP contribution in [0.3, 0.4) is 0 Å². The maximum Gasteiger partial charge on any atom is 0.0721 e. The van der Waals surface area contributed by atoms with Crippen molar-refractivity contribution < 1.29 is 10.2 Å². The highest BCUT2D eigenvalue weighted by molar-refractivity contribution is 5.21. The highest BCUT2D eigenvalue weighted by atomic mass is 16.3. The highest BCUT2D eigenvalue weighted by Crippen LogP contribution is 2.48. The number of likely N-dealkylation sites (tertiary alicyclic amines) is 1. The molecule has 154 valence electrons. The van der Waals surface area contributed by atoms with Crippen LogP contribution in [0, 0.1) is 17.8 Å². The molecule has 1 aliphatic heterocycles. The van der Waals surface area contributed by atoms with E-state index in [2.05, 4.69) is 24.0 Å². The summed E-state index contributed by atoms with van der Waals surface area (Å²) in [6, 6.07) is 0. The molecule has 0 aromatic heterocycles. The largest absolute Gasteiger partial charge is 0.392 e. The monoisotopic (exact) mass is 375 g/mol. The second kappa shape index (κ2) is 10.8. The molecule has 0 aromatic carbocycles. The lowest BCUT2D eigenvalue weighted by atomic mass is 9.88. The number of aliphatic hydroxyl groups excluding tert-OH is 2. The van der Waals surface area contributed by atoms with Crippen molar-refractivity contribution in [3.05, 3.63) is 23.8 Å². The van der Waals surface area contributed by atoms with E-state index in [4.69, 9.17) is 0 Å². The zero-order valence-electron chi connectivity index (χ0n) is 17.4. The Morgan fingerprint density at radius 2 is 2.00 bits per heavy atom. The quantitative estimate of drug-likeness (QED) is 0.407. The first-order chi connectivity index (χ1) is 13.2. The van der Waals surface area contributed by atoms with Crippen LogP contribution in [0.5, 0.6) is 0 Å². The molecule has 27 heavy (non-hydrogen) atoms. The van der Waals surface area contributed by atoms with Crippen LogP contribution in [0.15, 0.2) is 23.8 Å². The van der Waals surface area contributed by atoms with Gasteiger partial charge in [-0.1, -0.05) is 50.0 Å². The molecule has 3 nitrogen and oxygen atoms in total. The summed E-state index contributed by atoms with van der Waals surface area (Å²) < 4.78 is 0. The summed E-state index contributed by atoms with van der Waals surface area (Å²) in [7, 11) is 0. The average molecular weight is 376 g/mol. The van der Waals surface area contributed by atoms with Gasteiger partial charge in [-0.05, 0) is 82.8 Å². The van der Waals surface area contributed by atoms with Gasteiger partial charge in [0.05, 0.1) is 12.2 Å². The molecule has 2 fully saturated rings. The molecule has 1 heterocycles. The number of unbranched alkanes of at least 4 members (excludes halogenated alkanes) is 3. The number of allylic oxidation sites excluding steroid dienone is 2. The van der Waals surface area contributed by atoms with E-state index in [0.29, 0.717) is 11.8 Å². The Kier molecular flexibility index (Phi) is 8.42. The van der Waals surface area contributed by atoms with Crippen LogP contribution in [-0.2, 0) is 0 Å². The molecule has 0 radical (unpaired) electrons. The van der Waals surface area contributed by atoms with Crippen LogP contribution in [0.25, 0.3) is 0 Å². The number of rotatable bonds is 11. The van der Waals surface area contributed by atoms with Gasteiger partial charge in [-0.25, -0.2) is 0 Å². The molecule has 0 aromatic rings. The van der Waals surface area contributed by atoms with E-state index >= 15 is 0 Å². The Morgan fingerprint density at radius 1 is 1.19 bits per heavy atom. The predicted octanol–water partition coefficient (Wildman–Crippen LogP) is 4.69. The SMILES string of the molecule is CCCCC[C@H](O)/C=C/[C@@H]1[C@H]2CC(CCCCN3CCCC3)=C[C@H]2C[C@H]1O. The summed E-state index contributed by atoms with van der Waals surface area (Å²) in [4.78, 5) is 2.61. The standard InChI is InChI=1S/C24H41NO2/c1-2-3-4-10-21(26)11-12-22-23-17-19(16-20(23)18-24(22)27)9-5-6-13-25-14-7-8-15-25/h11-12,16,20-24,26-27H,2-10,13-15,17-18H2,1H3/b12-11+/t20-,21-,22+,23-,24+/m0/s1. The highest BCUT2D eigenvalue weighted by Gasteiger charge is 2.43. The molecule has 0 unspecified atom stereocenters. The Hall–Kier alpha value is -0.640. The van der Waals surface area contributed by atoms with E-state index in [1.807, 2.05) is 6.08 Å². The van der Waals surface area contributed by atoms with Gasteiger partial charge >= 0.3 is 0 Å². The van der Waals surface area contributed by atoms with Crippen molar-refractivity contribution in [1.29, 1.82) is 0 Å². The third kappa shape index (κ3) is 6.17. The van der Waals surface area contributed by atoms with Crippen LogP contribution in [0.2, 0.25) is 0 Å². The van der Waals surface area contributed by atoms with E-state index < -0.39 is 0 Å². The van der Waals surface area contributed by atoms with Gasteiger partial charge in [0.1, 0.15) is 0 Å². The van der Waals surface area contributed by atoms with Crippen LogP contribution in [-0.4, -0.2) is 47.0 Å². The van der Waals surface area contributed by atoms with Gasteiger partial charge < -0.3 is 15.1 Å². The first kappa shape index (κ1) is 21.1. The molecule has 0 amide bonds. The number of hydrogen-bond donors (Lipinski definition) is 2. The van der Waals surface area contributed by atoms with E-state index in [1.54, 1.807) is 5.57 Å². The Bertz CT molecular complexity index is 495. The van der Waals surface area contributed by atoms with Crippen LogP contribution in [0.4, 0.5) is 0 Å².